The predicted octanol–water partition coefficient (Wildman–Crippen LogP) is 13.1. The molecule has 0 spiro atoms. The maximum atomic E-state index is 10.9. The molecule has 4 N–H and O–H groups in total. The molecule has 0 aromatic heterocycles. The standard InChI is InChI=1S/2C26H36O4/c1-16(10-11-17-12-21(29-8)24(28)22(13-17)30-9)18-14-19(25(2,3)4)23(27)20(15-18)26(5,6)7;1-16(18-14-21(29-8)24(28)22(15-18)30-9)10-11-17-12-19(25(2,3)4)23(27)20(13-17)26(5,6)7/h2*10-16,27-28H,1-9H3/b2*11-10+. The van der Waals surface area contributed by atoms with Crippen LogP contribution in [0.15, 0.2) is 60.7 Å². The van der Waals surface area contributed by atoms with Gasteiger partial charge in [-0.3, -0.25) is 0 Å². The number of rotatable bonds is 10. The zero-order chi connectivity index (χ0) is 45.7. The molecule has 0 saturated carbocycles. The molecule has 2 unspecified atom stereocenters. The summed E-state index contributed by atoms with van der Waals surface area (Å²) in [6, 6.07) is 15.5. The average molecular weight is 825 g/mol. The molecule has 0 aliphatic rings. The molecule has 0 aliphatic heterocycles. The topological polar surface area (TPSA) is 118 Å². The Kier molecular flexibility index (Phi) is 15.6. The second-order valence-corrected chi connectivity index (χ2v) is 19.8. The third-order valence-corrected chi connectivity index (χ3v) is 10.7. The molecule has 328 valence electrons. The van der Waals surface area contributed by atoms with Crippen LogP contribution in [0.5, 0.6) is 46.0 Å². The maximum absolute atomic E-state index is 10.9. The van der Waals surface area contributed by atoms with Crippen LogP contribution in [-0.4, -0.2) is 48.9 Å². The van der Waals surface area contributed by atoms with E-state index in [1.807, 2.05) is 18.2 Å². The molecule has 4 rings (SSSR count). The van der Waals surface area contributed by atoms with E-state index >= 15 is 0 Å². The third kappa shape index (κ3) is 11.9. The smallest absolute Gasteiger partial charge is 0.200 e. The molecule has 0 heterocycles. The van der Waals surface area contributed by atoms with Crippen molar-refractivity contribution in [1.29, 1.82) is 0 Å². The summed E-state index contributed by atoms with van der Waals surface area (Å²) in [5, 5.41) is 42.1. The lowest BCUT2D eigenvalue weighted by molar-refractivity contribution is 0.339. The Morgan fingerprint density at radius 3 is 0.917 bits per heavy atom. The van der Waals surface area contributed by atoms with Crippen LogP contribution < -0.4 is 18.9 Å². The summed E-state index contributed by atoms with van der Waals surface area (Å²) in [6.45, 7) is 29.6. The number of methoxy groups -OCH3 is 4. The van der Waals surface area contributed by atoms with Crippen LogP contribution in [0.1, 0.15) is 153 Å². The van der Waals surface area contributed by atoms with E-state index in [4.69, 9.17) is 18.9 Å². The van der Waals surface area contributed by atoms with Crippen LogP contribution in [0, 0.1) is 0 Å². The first kappa shape index (κ1) is 49.1. The van der Waals surface area contributed by atoms with Crippen LogP contribution in [0.4, 0.5) is 0 Å². The van der Waals surface area contributed by atoms with E-state index in [9.17, 15) is 20.4 Å². The first-order valence-corrected chi connectivity index (χ1v) is 20.6. The van der Waals surface area contributed by atoms with Crippen molar-refractivity contribution in [3.63, 3.8) is 0 Å². The van der Waals surface area contributed by atoms with E-state index < -0.39 is 0 Å². The van der Waals surface area contributed by atoms with Crippen LogP contribution in [0.3, 0.4) is 0 Å². The molecule has 0 bridgehead atoms. The number of phenols is 4. The molecule has 2 atom stereocenters. The zero-order valence-corrected chi connectivity index (χ0v) is 39.5. The van der Waals surface area contributed by atoms with Gasteiger partial charge in [0.25, 0.3) is 0 Å². The van der Waals surface area contributed by atoms with E-state index in [1.54, 1.807) is 12.1 Å². The normalized spacial score (nSPS) is 13.5. The number of benzene rings is 4. The average Bonchev–Trinajstić information content (AvgIpc) is 3.15. The molecule has 8 nitrogen and oxygen atoms in total. The maximum Gasteiger partial charge on any atom is 0.200 e. The largest absolute Gasteiger partial charge is 0.507 e. The van der Waals surface area contributed by atoms with E-state index in [0.29, 0.717) is 34.5 Å². The second kappa shape index (κ2) is 19.0. The highest BCUT2D eigenvalue weighted by Crippen LogP contribution is 2.44. The molecular formula is C52H72O8. The van der Waals surface area contributed by atoms with Crippen LogP contribution in [0.25, 0.3) is 12.2 Å². The van der Waals surface area contributed by atoms with E-state index in [2.05, 4.69) is 139 Å². The van der Waals surface area contributed by atoms with E-state index in [0.717, 1.165) is 44.5 Å². The Balaban J connectivity index is 0.000000320. The minimum Gasteiger partial charge on any atom is -0.507 e. The van der Waals surface area contributed by atoms with Crippen molar-refractivity contribution in [1.82, 2.24) is 0 Å². The van der Waals surface area contributed by atoms with E-state index in [-0.39, 0.29) is 45.0 Å². The van der Waals surface area contributed by atoms with Gasteiger partial charge in [0.2, 0.25) is 11.5 Å². The molecule has 0 amide bonds. The highest BCUT2D eigenvalue weighted by Gasteiger charge is 2.28. The fourth-order valence-electron chi connectivity index (χ4n) is 6.88. The van der Waals surface area contributed by atoms with Crippen LogP contribution in [0.2, 0.25) is 0 Å². The lowest BCUT2D eigenvalue weighted by Crippen LogP contribution is -2.18. The van der Waals surface area contributed by atoms with Gasteiger partial charge >= 0.3 is 0 Å². The van der Waals surface area contributed by atoms with Crippen LogP contribution >= 0.6 is 0 Å². The minimum atomic E-state index is -0.169. The van der Waals surface area contributed by atoms with Gasteiger partial charge in [0.15, 0.2) is 23.0 Å². The second-order valence-electron chi connectivity index (χ2n) is 19.8. The predicted molar refractivity (Wildman–Crippen MR) is 248 cm³/mol. The fraction of sp³-hybridized carbons (Fsp3) is 0.462. The van der Waals surface area contributed by atoms with Crippen molar-refractivity contribution < 1.29 is 39.4 Å². The van der Waals surface area contributed by atoms with Crippen molar-refractivity contribution in [2.24, 2.45) is 0 Å². The number of aromatic hydroxyl groups is 4. The molecule has 8 heteroatoms. The van der Waals surface area contributed by atoms with Gasteiger partial charge in [-0.2, -0.15) is 0 Å². The quantitative estimate of drug-likeness (QED) is 0.125. The first-order valence-electron chi connectivity index (χ1n) is 20.6. The van der Waals surface area contributed by atoms with Gasteiger partial charge in [0.1, 0.15) is 11.5 Å². The van der Waals surface area contributed by atoms with Gasteiger partial charge in [0, 0.05) is 11.1 Å². The van der Waals surface area contributed by atoms with Crippen molar-refractivity contribution in [3.05, 3.63) is 105 Å². The minimum absolute atomic E-state index is 0.00287. The van der Waals surface area contributed by atoms with Crippen molar-refractivity contribution in [2.75, 3.05) is 28.4 Å². The Bertz CT molecular complexity index is 2040. The van der Waals surface area contributed by atoms with Crippen molar-refractivity contribution in [2.45, 2.75) is 130 Å². The summed E-state index contributed by atoms with van der Waals surface area (Å²) in [7, 11) is 6.08. The Labute approximate surface area is 360 Å². The van der Waals surface area contributed by atoms with Gasteiger partial charge in [-0.05, 0) is 103 Å². The molecule has 60 heavy (non-hydrogen) atoms. The zero-order valence-electron chi connectivity index (χ0n) is 39.5. The number of allylic oxidation sites excluding steroid dienone is 2. The number of ether oxygens (including phenoxy) is 4. The molecular weight excluding hydrogens is 753 g/mol. The molecule has 0 radical (unpaired) electrons. The summed E-state index contributed by atoms with van der Waals surface area (Å²) >= 11 is 0. The molecule has 4 aromatic rings. The van der Waals surface area contributed by atoms with Crippen molar-refractivity contribution in [3.8, 4) is 46.0 Å². The molecule has 0 saturated heterocycles. The van der Waals surface area contributed by atoms with Gasteiger partial charge in [-0.15, -0.1) is 0 Å². The Morgan fingerprint density at radius 1 is 0.383 bits per heavy atom. The Morgan fingerprint density at radius 2 is 0.633 bits per heavy atom. The highest BCUT2D eigenvalue weighted by molar-refractivity contribution is 5.63. The van der Waals surface area contributed by atoms with Gasteiger partial charge < -0.3 is 39.4 Å². The summed E-state index contributed by atoms with van der Waals surface area (Å²) in [4.78, 5) is 0. The lowest BCUT2D eigenvalue weighted by atomic mass is 9.77. The summed E-state index contributed by atoms with van der Waals surface area (Å²) in [6.07, 6.45) is 8.29. The monoisotopic (exact) mass is 825 g/mol. The van der Waals surface area contributed by atoms with Gasteiger partial charge in [-0.25, -0.2) is 0 Å². The first-order chi connectivity index (χ1) is 27.6. The SMILES string of the molecule is COc1cc(/C=C/C(C)c2cc(C(C)(C)C)c(O)c(C(C)(C)C)c2)cc(OC)c1O.COc1cc(C(C)/C=C/c2cc(C(C)(C)C)c(O)c(C(C)(C)C)c2)cc(OC)c1O. The van der Waals surface area contributed by atoms with Gasteiger partial charge in [0.05, 0.1) is 28.4 Å². The lowest BCUT2D eigenvalue weighted by Gasteiger charge is -2.29. The van der Waals surface area contributed by atoms with Gasteiger partial charge in [-0.1, -0.05) is 133 Å². The summed E-state index contributed by atoms with van der Waals surface area (Å²) in [5.74, 6) is 2.48. The highest BCUT2D eigenvalue weighted by atomic mass is 16.5. The van der Waals surface area contributed by atoms with Crippen molar-refractivity contribution >= 4 is 12.2 Å². The third-order valence-electron chi connectivity index (χ3n) is 10.7. The molecule has 0 aliphatic carbocycles. The number of hydrogen-bond donors (Lipinski definition) is 4. The van der Waals surface area contributed by atoms with Crippen LogP contribution in [-0.2, 0) is 21.7 Å². The Hall–Kier alpha value is -5.24. The number of phenolic OH excluding ortho intramolecular Hbond substituents is 4. The molecule has 0 fully saturated rings. The molecule has 4 aromatic carbocycles. The van der Waals surface area contributed by atoms with E-state index in [1.165, 1.54) is 28.4 Å². The fourth-order valence-corrected chi connectivity index (χ4v) is 6.88. The summed E-state index contributed by atoms with van der Waals surface area (Å²) < 4.78 is 21.1. The summed E-state index contributed by atoms with van der Waals surface area (Å²) in [5.41, 5.74) is 7.17. The number of hydrogen-bond acceptors (Lipinski definition) is 8.